The lowest BCUT2D eigenvalue weighted by Crippen LogP contribution is -2.17. The number of hydrogen-bond donors (Lipinski definition) is 3. The summed E-state index contributed by atoms with van der Waals surface area (Å²) in [6.07, 6.45) is -2.83. The van der Waals surface area contributed by atoms with Crippen LogP contribution in [0.2, 0.25) is 0 Å². The first-order chi connectivity index (χ1) is 6.06. The standard InChI is InChI=1S/C7H9F2N3O/c8-7(9)6-3(2-10)12-5(11)1-4(6)13/h1,7H,2,10H2,(H3,11,12,13). The highest BCUT2D eigenvalue weighted by Crippen LogP contribution is 2.18. The van der Waals surface area contributed by atoms with Gasteiger partial charge in [0.1, 0.15) is 5.82 Å². The quantitative estimate of drug-likeness (QED) is 0.627. The van der Waals surface area contributed by atoms with Gasteiger partial charge in [-0.25, -0.2) is 8.78 Å². The number of halogens is 2. The molecule has 0 aromatic carbocycles. The van der Waals surface area contributed by atoms with Crippen molar-refractivity contribution >= 4 is 5.82 Å². The number of aromatic amines is 1. The number of nitrogens with one attached hydrogen (secondary N) is 1. The minimum atomic E-state index is -2.83. The summed E-state index contributed by atoms with van der Waals surface area (Å²) in [5.41, 5.74) is 9.02. The van der Waals surface area contributed by atoms with Crippen LogP contribution in [0.1, 0.15) is 17.7 Å². The third-order valence-corrected chi connectivity index (χ3v) is 1.59. The Bertz CT molecular complexity index is 361. The number of rotatable bonds is 2. The van der Waals surface area contributed by atoms with Gasteiger partial charge in [0.2, 0.25) is 0 Å². The molecule has 0 bridgehead atoms. The van der Waals surface area contributed by atoms with Crippen molar-refractivity contribution in [2.75, 3.05) is 5.73 Å². The van der Waals surface area contributed by atoms with E-state index in [9.17, 15) is 13.6 Å². The van der Waals surface area contributed by atoms with Gasteiger partial charge in [0.05, 0.1) is 5.56 Å². The van der Waals surface area contributed by atoms with Crippen molar-refractivity contribution in [2.24, 2.45) is 5.73 Å². The largest absolute Gasteiger partial charge is 0.385 e. The molecule has 1 aromatic rings. The molecule has 0 amide bonds. The van der Waals surface area contributed by atoms with E-state index in [0.717, 1.165) is 6.07 Å². The molecule has 4 nitrogen and oxygen atoms in total. The molecular formula is C7H9F2N3O. The van der Waals surface area contributed by atoms with E-state index in [1.807, 2.05) is 0 Å². The molecule has 5 N–H and O–H groups in total. The van der Waals surface area contributed by atoms with Crippen molar-refractivity contribution in [1.29, 1.82) is 0 Å². The van der Waals surface area contributed by atoms with Crippen molar-refractivity contribution < 1.29 is 8.78 Å². The lowest BCUT2D eigenvalue weighted by atomic mass is 10.2. The van der Waals surface area contributed by atoms with E-state index >= 15 is 0 Å². The van der Waals surface area contributed by atoms with Gasteiger partial charge in [-0.2, -0.15) is 0 Å². The van der Waals surface area contributed by atoms with Crippen LogP contribution in [0.5, 0.6) is 0 Å². The van der Waals surface area contributed by atoms with Gasteiger partial charge < -0.3 is 16.5 Å². The fourth-order valence-corrected chi connectivity index (χ4v) is 1.05. The number of nitrogen functional groups attached to an aromatic ring is 1. The molecule has 0 saturated carbocycles. The Morgan fingerprint density at radius 1 is 1.54 bits per heavy atom. The van der Waals surface area contributed by atoms with Crippen molar-refractivity contribution in [3.8, 4) is 0 Å². The summed E-state index contributed by atoms with van der Waals surface area (Å²) in [6, 6.07) is 0.917. The van der Waals surface area contributed by atoms with Crippen LogP contribution in [-0.4, -0.2) is 4.98 Å². The first kappa shape index (κ1) is 9.66. The van der Waals surface area contributed by atoms with Gasteiger partial charge in [-0.1, -0.05) is 0 Å². The van der Waals surface area contributed by atoms with E-state index < -0.39 is 17.4 Å². The number of H-pyrrole nitrogens is 1. The van der Waals surface area contributed by atoms with Crippen LogP contribution in [-0.2, 0) is 6.54 Å². The third kappa shape index (κ3) is 1.83. The highest BCUT2D eigenvalue weighted by molar-refractivity contribution is 5.34. The molecule has 0 unspecified atom stereocenters. The fraction of sp³-hybridized carbons (Fsp3) is 0.286. The molecule has 0 atom stereocenters. The Balaban J connectivity index is 3.39. The van der Waals surface area contributed by atoms with Crippen LogP contribution in [0.25, 0.3) is 0 Å². The molecule has 0 aliphatic rings. The number of aromatic nitrogens is 1. The third-order valence-electron chi connectivity index (χ3n) is 1.59. The second-order valence-electron chi connectivity index (χ2n) is 2.49. The Hall–Kier alpha value is -1.43. The van der Waals surface area contributed by atoms with Crippen LogP contribution in [0, 0.1) is 0 Å². The van der Waals surface area contributed by atoms with Crippen molar-refractivity contribution in [3.05, 3.63) is 27.5 Å². The first-order valence-corrected chi connectivity index (χ1v) is 3.56. The second kappa shape index (κ2) is 3.53. The van der Waals surface area contributed by atoms with Crippen LogP contribution in [0.4, 0.5) is 14.6 Å². The Kier molecular flexibility index (Phi) is 2.62. The van der Waals surface area contributed by atoms with E-state index in [2.05, 4.69) is 4.98 Å². The zero-order chi connectivity index (χ0) is 10.0. The highest BCUT2D eigenvalue weighted by atomic mass is 19.3. The Morgan fingerprint density at radius 2 is 2.15 bits per heavy atom. The summed E-state index contributed by atoms with van der Waals surface area (Å²) in [6.45, 7) is -0.167. The van der Waals surface area contributed by atoms with Gasteiger partial charge in [-0.15, -0.1) is 0 Å². The molecule has 0 saturated heterocycles. The van der Waals surface area contributed by atoms with Crippen LogP contribution in [0.15, 0.2) is 10.9 Å². The second-order valence-corrected chi connectivity index (χ2v) is 2.49. The minimum absolute atomic E-state index is 0.0139. The monoisotopic (exact) mass is 189 g/mol. The zero-order valence-corrected chi connectivity index (χ0v) is 6.68. The number of hydrogen-bond acceptors (Lipinski definition) is 3. The highest BCUT2D eigenvalue weighted by Gasteiger charge is 2.16. The minimum Gasteiger partial charge on any atom is -0.385 e. The number of anilines is 1. The molecule has 72 valence electrons. The van der Waals surface area contributed by atoms with E-state index in [-0.39, 0.29) is 18.1 Å². The van der Waals surface area contributed by atoms with Gasteiger partial charge in [0.25, 0.3) is 6.43 Å². The predicted molar refractivity (Wildman–Crippen MR) is 44.3 cm³/mol. The van der Waals surface area contributed by atoms with Gasteiger partial charge >= 0.3 is 0 Å². The molecule has 13 heavy (non-hydrogen) atoms. The van der Waals surface area contributed by atoms with Crippen molar-refractivity contribution in [3.63, 3.8) is 0 Å². The number of pyridine rings is 1. The first-order valence-electron chi connectivity index (χ1n) is 3.56. The van der Waals surface area contributed by atoms with Crippen LogP contribution in [0.3, 0.4) is 0 Å². The molecule has 6 heteroatoms. The summed E-state index contributed by atoms with van der Waals surface area (Å²) < 4.78 is 24.6. The SMILES string of the molecule is NCc1[nH]c(N)cc(=O)c1C(F)F. The van der Waals surface area contributed by atoms with E-state index in [1.54, 1.807) is 0 Å². The maximum atomic E-state index is 12.3. The molecular weight excluding hydrogens is 180 g/mol. The number of alkyl halides is 2. The Labute approximate surface area is 72.6 Å². The van der Waals surface area contributed by atoms with Gasteiger partial charge in [-0.3, -0.25) is 4.79 Å². The van der Waals surface area contributed by atoms with Crippen LogP contribution < -0.4 is 16.9 Å². The van der Waals surface area contributed by atoms with E-state index in [4.69, 9.17) is 11.5 Å². The smallest absolute Gasteiger partial charge is 0.269 e. The summed E-state index contributed by atoms with van der Waals surface area (Å²) in [4.78, 5) is 13.4. The fourth-order valence-electron chi connectivity index (χ4n) is 1.05. The van der Waals surface area contributed by atoms with Gasteiger partial charge in [-0.05, 0) is 0 Å². The summed E-state index contributed by atoms with van der Waals surface area (Å²) >= 11 is 0. The zero-order valence-electron chi connectivity index (χ0n) is 6.68. The van der Waals surface area contributed by atoms with E-state index in [0.29, 0.717) is 0 Å². The molecule has 0 fully saturated rings. The molecule has 0 radical (unpaired) electrons. The summed E-state index contributed by atoms with van der Waals surface area (Å²) in [5, 5.41) is 0. The molecule has 0 aliphatic heterocycles. The van der Waals surface area contributed by atoms with Gasteiger partial charge in [0, 0.05) is 18.3 Å². The number of nitrogens with two attached hydrogens (primary N) is 2. The van der Waals surface area contributed by atoms with Crippen LogP contribution >= 0.6 is 0 Å². The summed E-state index contributed by atoms with van der Waals surface area (Å²) in [7, 11) is 0. The molecule has 1 heterocycles. The topological polar surface area (TPSA) is 84.9 Å². The molecule has 0 spiro atoms. The van der Waals surface area contributed by atoms with Crippen molar-refractivity contribution in [1.82, 2.24) is 4.98 Å². The maximum absolute atomic E-state index is 12.3. The summed E-state index contributed by atoms with van der Waals surface area (Å²) in [5.74, 6) is 0.0369. The normalized spacial score (nSPS) is 10.8. The molecule has 1 rings (SSSR count). The van der Waals surface area contributed by atoms with Crippen molar-refractivity contribution in [2.45, 2.75) is 13.0 Å². The van der Waals surface area contributed by atoms with E-state index in [1.165, 1.54) is 0 Å². The lowest BCUT2D eigenvalue weighted by Gasteiger charge is -2.06. The average molecular weight is 189 g/mol. The lowest BCUT2D eigenvalue weighted by molar-refractivity contribution is 0.148. The average Bonchev–Trinajstić information content (AvgIpc) is 2.01. The Morgan fingerprint density at radius 3 is 2.62 bits per heavy atom. The predicted octanol–water partition coefficient (Wildman–Crippen LogP) is 0.353. The molecule has 1 aromatic heterocycles. The van der Waals surface area contributed by atoms with Gasteiger partial charge in [0.15, 0.2) is 5.43 Å². The molecule has 0 aliphatic carbocycles. The maximum Gasteiger partial charge on any atom is 0.269 e.